The zero-order valence-electron chi connectivity index (χ0n) is 10.4. The third kappa shape index (κ3) is 3.95. The SMILES string of the molecule is CCC(CC)[C@H](CN)NCc1ccccc1. The van der Waals surface area contributed by atoms with Crippen LogP contribution in [0, 0.1) is 5.92 Å². The van der Waals surface area contributed by atoms with Crippen molar-refractivity contribution in [2.75, 3.05) is 6.54 Å². The van der Waals surface area contributed by atoms with Crippen LogP contribution in [0.2, 0.25) is 0 Å². The second-order valence-electron chi connectivity index (χ2n) is 4.29. The minimum absolute atomic E-state index is 0.440. The summed E-state index contributed by atoms with van der Waals surface area (Å²) in [6.45, 7) is 6.11. The van der Waals surface area contributed by atoms with E-state index in [0.717, 1.165) is 13.1 Å². The first-order valence-electron chi connectivity index (χ1n) is 6.29. The molecule has 0 spiro atoms. The molecule has 1 aromatic rings. The van der Waals surface area contributed by atoms with Crippen LogP contribution in [0.5, 0.6) is 0 Å². The van der Waals surface area contributed by atoms with Gasteiger partial charge in [0.2, 0.25) is 0 Å². The molecule has 0 aromatic heterocycles. The zero-order valence-corrected chi connectivity index (χ0v) is 10.4. The van der Waals surface area contributed by atoms with E-state index in [0.29, 0.717) is 12.0 Å². The van der Waals surface area contributed by atoms with E-state index < -0.39 is 0 Å². The molecule has 0 amide bonds. The van der Waals surface area contributed by atoms with Gasteiger partial charge in [-0.05, 0) is 11.5 Å². The van der Waals surface area contributed by atoms with Crippen LogP contribution in [0.4, 0.5) is 0 Å². The van der Waals surface area contributed by atoms with Crippen LogP contribution < -0.4 is 11.1 Å². The van der Waals surface area contributed by atoms with Crippen LogP contribution >= 0.6 is 0 Å². The second-order valence-corrected chi connectivity index (χ2v) is 4.29. The summed E-state index contributed by atoms with van der Waals surface area (Å²) in [6.07, 6.45) is 2.39. The summed E-state index contributed by atoms with van der Waals surface area (Å²) in [5, 5.41) is 3.56. The third-order valence-corrected chi connectivity index (χ3v) is 3.28. The lowest BCUT2D eigenvalue weighted by atomic mass is 9.94. The van der Waals surface area contributed by atoms with E-state index in [2.05, 4.69) is 43.4 Å². The zero-order chi connectivity index (χ0) is 11.8. The van der Waals surface area contributed by atoms with Crippen LogP contribution in [0.25, 0.3) is 0 Å². The minimum atomic E-state index is 0.440. The van der Waals surface area contributed by atoms with E-state index in [1.165, 1.54) is 18.4 Å². The van der Waals surface area contributed by atoms with Crippen LogP contribution in [0.3, 0.4) is 0 Å². The maximum atomic E-state index is 5.83. The fourth-order valence-electron chi connectivity index (χ4n) is 2.14. The molecule has 0 aliphatic heterocycles. The topological polar surface area (TPSA) is 38.0 Å². The second kappa shape index (κ2) is 7.42. The normalized spacial score (nSPS) is 13.0. The van der Waals surface area contributed by atoms with Crippen LogP contribution in [0.1, 0.15) is 32.3 Å². The molecule has 3 N–H and O–H groups in total. The number of nitrogens with one attached hydrogen (secondary N) is 1. The Labute approximate surface area is 99.2 Å². The largest absolute Gasteiger partial charge is 0.329 e. The van der Waals surface area contributed by atoms with Crippen molar-refractivity contribution in [3.8, 4) is 0 Å². The van der Waals surface area contributed by atoms with Gasteiger partial charge in [0.25, 0.3) is 0 Å². The van der Waals surface area contributed by atoms with Crippen LogP contribution in [0.15, 0.2) is 30.3 Å². The summed E-state index contributed by atoms with van der Waals surface area (Å²) in [5.41, 5.74) is 7.15. The van der Waals surface area contributed by atoms with E-state index in [1.807, 2.05) is 6.07 Å². The highest BCUT2D eigenvalue weighted by molar-refractivity contribution is 5.14. The van der Waals surface area contributed by atoms with Crippen molar-refractivity contribution < 1.29 is 0 Å². The Morgan fingerprint density at radius 2 is 1.75 bits per heavy atom. The lowest BCUT2D eigenvalue weighted by Crippen LogP contribution is -2.41. The number of benzene rings is 1. The van der Waals surface area contributed by atoms with E-state index in [4.69, 9.17) is 5.73 Å². The highest BCUT2D eigenvalue weighted by Crippen LogP contribution is 2.13. The van der Waals surface area contributed by atoms with Crippen molar-refractivity contribution in [2.45, 2.75) is 39.3 Å². The molecule has 0 radical (unpaired) electrons. The molecule has 0 aliphatic rings. The van der Waals surface area contributed by atoms with Crippen LogP contribution in [-0.4, -0.2) is 12.6 Å². The first kappa shape index (κ1) is 13.2. The number of nitrogens with two attached hydrogens (primary N) is 1. The van der Waals surface area contributed by atoms with Crippen LogP contribution in [-0.2, 0) is 6.54 Å². The molecule has 0 aliphatic carbocycles. The first-order valence-corrected chi connectivity index (χ1v) is 6.29. The number of rotatable bonds is 7. The molecule has 2 heteroatoms. The van der Waals surface area contributed by atoms with Crippen molar-refractivity contribution in [3.05, 3.63) is 35.9 Å². The number of hydrogen-bond acceptors (Lipinski definition) is 2. The van der Waals surface area contributed by atoms with Gasteiger partial charge in [-0.2, -0.15) is 0 Å². The van der Waals surface area contributed by atoms with Gasteiger partial charge in [0.05, 0.1) is 0 Å². The predicted molar refractivity (Wildman–Crippen MR) is 70.2 cm³/mol. The molecule has 0 saturated carbocycles. The van der Waals surface area contributed by atoms with Crippen molar-refractivity contribution in [2.24, 2.45) is 11.7 Å². The third-order valence-electron chi connectivity index (χ3n) is 3.28. The highest BCUT2D eigenvalue weighted by Gasteiger charge is 2.15. The standard InChI is InChI=1S/C14H24N2/c1-3-13(4-2)14(10-15)16-11-12-8-6-5-7-9-12/h5-9,13-14,16H,3-4,10-11,15H2,1-2H3/t14-/m0/s1. The smallest absolute Gasteiger partial charge is 0.0221 e. The summed E-state index contributed by atoms with van der Waals surface area (Å²) in [5.74, 6) is 0.689. The molecular weight excluding hydrogens is 196 g/mol. The molecule has 1 rings (SSSR count). The Hall–Kier alpha value is -0.860. The predicted octanol–water partition coefficient (Wildman–Crippen LogP) is 2.54. The molecule has 0 saturated heterocycles. The van der Waals surface area contributed by atoms with Gasteiger partial charge in [-0.1, -0.05) is 57.0 Å². The van der Waals surface area contributed by atoms with Gasteiger partial charge in [0.15, 0.2) is 0 Å². The van der Waals surface area contributed by atoms with E-state index in [-0.39, 0.29) is 0 Å². The summed E-state index contributed by atoms with van der Waals surface area (Å²) in [4.78, 5) is 0. The minimum Gasteiger partial charge on any atom is -0.329 e. The average molecular weight is 220 g/mol. The Morgan fingerprint density at radius 1 is 1.12 bits per heavy atom. The first-order chi connectivity index (χ1) is 7.81. The summed E-state index contributed by atoms with van der Waals surface area (Å²) >= 11 is 0. The van der Waals surface area contributed by atoms with Gasteiger partial charge < -0.3 is 11.1 Å². The summed E-state index contributed by atoms with van der Waals surface area (Å²) < 4.78 is 0. The van der Waals surface area contributed by atoms with E-state index in [9.17, 15) is 0 Å². The molecule has 90 valence electrons. The quantitative estimate of drug-likeness (QED) is 0.741. The number of hydrogen-bond donors (Lipinski definition) is 2. The van der Waals surface area contributed by atoms with Gasteiger partial charge in [0, 0.05) is 19.1 Å². The molecule has 0 unspecified atom stereocenters. The Kier molecular flexibility index (Phi) is 6.12. The molecule has 0 heterocycles. The van der Waals surface area contributed by atoms with Crippen molar-refractivity contribution in [1.29, 1.82) is 0 Å². The molecule has 0 fully saturated rings. The summed E-state index contributed by atoms with van der Waals surface area (Å²) in [6, 6.07) is 10.9. The fraction of sp³-hybridized carbons (Fsp3) is 0.571. The van der Waals surface area contributed by atoms with Crippen molar-refractivity contribution >= 4 is 0 Å². The maximum Gasteiger partial charge on any atom is 0.0221 e. The van der Waals surface area contributed by atoms with Gasteiger partial charge in [-0.25, -0.2) is 0 Å². The van der Waals surface area contributed by atoms with Gasteiger partial charge in [-0.3, -0.25) is 0 Å². The Balaban J connectivity index is 2.45. The van der Waals surface area contributed by atoms with Gasteiger partial charge in [-0.15, -0.1) is 0 Å². The molecular formula is C14H24N2. The highest BCUT2D eigenvalue weighted by atomic mass is 14.9. The maximum absolute atomic E-state index is 5.83. The van der Waals surface area contributed by atoms with Gasteiger partial charge >= 0.3 is 0 Å². The van der Waals surface area contributed by atoms with Crippen molar-refractivity contribution in [1.82, 2.24) is 5.32 Å². The van der Waals surface area contributed by atoms with E-state index in [1.54, 1.807) is 0 Å². The van der Waals surface area contributed by atoms with E-state index >= 15 is 0 Å². The molecule has 0 bridgehead atoms. The molecule has 2 nitrogen and oxygen atoms in total. The van der Waals surface area contributed by atoms with Gasteiger partial charge in [0.1, 0.15) is 0 Å². The Morgan fingerprint density at radius 3 is 2.25 bits per heavy atom. The monoisotopic (exact) mass is 220 g/mol. The molecule has 1 atom stereocenters. The fourth-order valence-corrected chi connectivity index (χ4v) is 2.14. The molecule has 16 heavy (non-hydrogen) atoms. The Bertz CT molecular complexity index is 267. The average Bonchev–Trinajstić information content (AvgIpc) is 2.35. The van der Waals surface area contributed by atoms with Crippen molar-refractivity contribution in [3.63, 3.8) is 0 Å². The lowest BCUT2D eigenvalue weighted by molar-refractivity contribution is 0.338. The molecule has 1 aromatic carbocycles. The summed E-state index contributed by atoms with van der Waals surface area (Å²) in [7, 11) is 0. The lowest BCUT2D eigenvalue weighted by Gasteiger charge is -2.25.